The van der Waals surface area contributed by atoms with Gasteiger partial charge in [0.15, 0.2) is 0 Å². The summed E-state index contributed by atoms with van der Waals surface area (Å²) in [5, 5.41) is 2.17. The molecule has 1 unspecified atom stereocenters. The van der Waals surface area contributed by atoms with Gasteiger partial charge in [0, 0.05) is 0 Å². The third-order valence-electron chi connectivity index (χ3n) is 1.25. The molecule has 0 aromatic carbocycles. The van der Waals surface area contributed by atoms with Crippen LogP contribution in [0.15, 0.2) is 0 Å². The van der Waals surface area contributed by atoms with E-state index in [1.807, 2.05) is 19.9 Å². The van der Waals surface area contributed by atoms with Crippen molar-refractivity contribution in [3.8, 4) is 6.04 Å². The molecule has 0 saturated carbocycles. The van der Waals surface area contributed by atoms with Gasteiger partial charge in [0.2, 0.25) is 0 Å². The number of amides is 1. The van der Waals surface area contributed by atoms with Gasteiger partial charge in [0.25, 0.3) is 0 Å². The Morgan fingerprint density at radius 1 is 1.89 bits per heavy atom. The normalized spacial score (nSPS) is 12.0. The third kappa shape index (κ3) is 2.94. The summed E-state index contributed by atoms with van der Waals surface area (Å²) in [6, 6.07) is 1.83. The van der Waals surface area contributed by atoms with Crippen LogP contribution in [0.5, 0.6) is 0 Å². The molecule has 0 spiro atoms. The molecule has 2 heteroatoms. The van der Waals surface area contributed by atoms with E-state index < -0.39 is 0 Å². The van der Waals surface area contributed by atoms with Gasteiger partial charge in [0.1, 0.15) is 0 Å². The van der Waals surface area contributed by atoms with Crippen LogP contribution in [0.2, 0.25) is 0 Å². The number of carbonyl (C=O) groups is 1. The van der Waals surface area contributed by atoms with Crippen molar-refractivity contribution >= 4 is 5.91 Å². The van der Waals surface area contributed by atoms with Crippen molar-refractivity contribution < 1.29 is 4.79 Å². The topological polar surface area (TPSA) is 29.1 Å². The molecular weight excluding hydrogens is 114 g/mol. The van der Waals surface area contributed by atoms with E-state index in [0.717, 1.165) is 6.42 Å². The molecule has 0 aliphatic carbocycles. The Kier molecular flexibility index (Phi) is 3.81. The summed E-state index contributed by atoms with van der Waals surface area (Å²) in [5.74, 6) is -0.143. The zero-order valence-corrected chi connectivity index (χ0v) is 5.69. The first-order valence-electron chi connectivity index (χ1n) is 2.94. The van der Waals surface area contributed by atoms with E-state index in [4.69, 9.17) is 6.42 Å². The van der Waals surface area contributed by atoms with Crippen LogP contribution in [0, 0.1) is 18.4 Å². The van der Waals surface area contributed by atoms with Crippen molar-refractivity contribution in [3.63, 3.8) is 0 Å². The molecule has 1 amide bonds. The minimum absolute atomic E-state index is 0.0113. The van der Waals surface area contributed by atoms with Crippen LogP contribution in [0.3, 0.4) is 0 Å². The van der Waals surface area contributed by atoms with Crippen LogP contribution in [0.25, 0.3) is 0 Å². The zero-order chi connectivity index (χ0) is 7.28. The number of hydrogen-bond donors (Lipinski definition) is 1. The SMILES string of the molecule is [C+]#CNC(=O)C(C)CC. The number of nitrogens with one attached hydrogen (secondary N) is 1. The molecule has 0 saturated heterocycles. The molecule has 48 valence electrons. The van der Waals surface area contributed by atoms with Gasteiger partial charge >= 0.3 is 54.7 Å². The second-order valence-corrected chi connectivity index (χ2v) is 1.92. The standard InChI is InChI=1S/C7H9NO/c1-4-6(3)7(9)8-5-2/h6H,4H2,1,3H3/p+1. The summed E-state index contributed by atoms with van der Waals surface area (Å²) >= 11 is 0. The molecular formula is C7H10NO+. The van der Waals surface area contributed by atoms with Gasteiger partial charge in [-0.1, -0.05) is 0 Å². The Hall–Kier alpha value is -0.750. The van der Waals surface area contributed by atoms with Gasteiger partial charge < -0.3 is 0 Å². The summed E-state index contributed by atoms with van der Waals surface area (Å²) in [5.41, 5.74) is 0. The molecule has 0 aliphatic heterocycles. The summed E-state index contributed by atoms with van der Waals surface area (Å²) < 4.78 is 0. The fourth-order valence-electron chi connectivity index (χ4n) is 0.370. The molecule has 9 heavy (non-hydrogen) atoms. The Bertz CT molecular complexity index is 134. The Balaban J connectivity index is 3.62. The van der Waals surface area contributed by atoms with Crippen LogP contribution in [0.1, 0.15) is 20.3 Å². The van der Waals surface area contributed by atoms with Gasteiger partial charge in [0.05, 0.1) is 0 Å². The van der Waals surface area contributed by atoms with E-state index in [0.29, 0.717) is 0 Å². The van der Waals surface area contributed by atoms with E-state index in [1.54, 1.807) is 0 Å². The van der Waals surface area contributed by atoms with Gasteiger partial charge in [-0.3, -0.25) is 0 Å². The van der Waals surface area contributed by atoms with Crippen molar-refractivity contribution in [2.45, 2.75) is 20.3 Å². The monoisotopic (exact) mass is 124 g/mol. The molecule has 0 aliphatic rings. The van der Waals surface area contributed by atoms with Crippen LogP contribution in [0.4, 0.5) is 0 Å². The molecule has 1 N–H and O–H groups in total. The van der Waals surface area contributed by atoms with Gasteiger partial charge in [-0.25, -0.2) is 0 Å². The molecule has 0 heterocycles. The Morgan fingerprint density at radius 3 is 2.78 bits per heavy atom. The number of hydrogen-bond acceptors (Lipinski definition) is 1. The van der Waals surface area contributed by atoms with Crippen LogP contribution in [-0.4, -0.2) is 5.91 Å². The van der Waals surface area contributed by atoms with Crippen LogP contribution in [-0.2, 0) is 4.79 Å². The first-order valence-corrected chi connectivity index (χ1v) is 2.94. The first-order chi connectivity index (χ1) is 4.22. The molecule has 2 nitrogen and oxygen atoms in total. The fraction of sp³-hybridized carbons (Fsp3) is 0.571. The van der Waals surface area contributed by atoms with Crippen molar-refractivity contribution in [1.82, 2.24) is 5.32 Å². The second kappa shape index (κ2) is 4.16. The fourth-order valence-corrected chi connectivity index (χ4v) is 0.370. The molecule has 0 rings (SSSR count). The van der Waals surface area contributed by atoms with Crippen molar-refractivity contribution in [2.24, 2.45) is 5.92 Å². The predicted molar refractivity (Wildman–Crippen MR) is 34.7 cm³/mol. The van der Waals surface area contributed by atoms with E-state index in [-0.39, 0.29) is 11.8 Å². The number of rotatable bonds is 2. The summed E-state index contributed by atoms with van der Waals surface area (Å²) in [6.07, 6.45) is 7.22. The molecule has 1 atom stereocenters. The van der Waals surface area contributed by atoms with E-state index in [1.165, 1.54) is 0 Å². The Morgan fingerprint density at radius 2 is 2.44 bits per heavy atom. The van der Waals surface area contributed by atoms with E-state index >= 15 is 0 Å². The second-order valence-electron chi connectivity index (χ2n) is 1.92. The molecule has 0 aromatic rings. The Labute approximate surface area is 55.6 Å². The quantitative estimate of drug-likeness (QED) is 0.327. The average Bonchev–Trinajstić information content (AvgIpc) is 1.87. The summed E-state index contributed by atoms with van der Waals surface area (Å²) in [4.78, 5) is 10.7. The molecule has 0 bridgehead atoms. The maximum absolute atomic E-state index is 10.7. The third-order valence-corrected chi connectivity index (χ3v) is 1.25. The predicted octanol–water partition coefficient (Wildman–Crippen LogP) is 0.696. The summed E-state index contributed by atoms with van der Waals surface area (Å²) in [7, 11) is 0. The molecule has 0 radical (unpaired) electrons. The van der Waals surface area contributed by atoms with E-state index in [2.05, 4.69) is 5.32 Å². The van der Waals surface area contributed by atoms with Crippen molar-refractivity contribution in [2.75, 3.05) is 0 Å². The molecule has 0 aromatic heterocycles. The zero-order valence-electron chi connectivity index (χ0n) is 5.69. The molecule has 0 fully saturated rings. The van der Waals surface area contributed by atoms with Crippen LogP contribution >= 0.6 is 0 Å². The minimum atomic E-state index is -0.132. The average molecular weight is 124 g/mol. The maximum atomic E-state index is 10.7. The van der Waals surface area contributed by atoms with Gasteiger partial charge in [-0.15, -0.1) is 0 Å². The first kappa shape index (κ1) is 8.25. The van der Waals surface area contributed by atoms with Crippen LogP contribution < -0.4 is 5.32 Å². The summed E-state index contributed by atoms with van der Waals surface area (Å²) in [6.45, 7) is 3.74. The van der Waals surface area contributed by atoms with Crippen molar-refractivity contribution in [3.05, 3.63) is 6.42 Å². The van der Waals surface area contributed by atoms with Crippen molar-refractivity contribution in [1.29, 1.82) is 0 Å². The van der Waals surface area contributed by atoms with Gasteiger partial charge in [-0.05, 0) is 0 Å². The van der Waals surface area contributed by atoms with Gasteiger partial charge in [-0.2, -0.15) is 0 Å². The number of carbonyl (C=O) groups excluding carboxylic acids is 1. The van der Waals surface area contributed by atoms with E-state index in [9.17, 15) is 4.79 Å².